The van der Waals surface area contributed by atoms with Crippen LogP contribution in [0.2, 0.25) is 0 Å². The molecule has 0 aliphatic heterocycles. The molecule has 3 heteroatoms. The molecule has 3 nitrogen and oxygen atoms in total. The van der Waals surface area contributed by atoms with Crippen molar-refractivity contribution in [1.29, 1.82) is 0 Å². The van der Waals surface area contributed by atoms with Gasteiger partial charge < -0.3 is 15.3 Å². The Labute approximate surface area is 113 Å². The van der Waals surface area contributed by atoms with Gasteiger partial charge in [0, 0.05) is 17.5 Å². The molecule has 0 aromatic heterocycles. The molecule has 0 unspecified atom stereocenters. The van der Waals surface area contributed by atoms with Crippen LogP contribution in [0.5, 0.6) is 11.5 Å². The third kappa shape index (κ3) is 1.83. The van der Waals surface area contributed by atoms with Crippen LogP contribution >= 0.6 is 0 Å². The van der Waals surface area contributed by atoms with E-state index >= 15 is 0 Å². The second-order valence-corrected chi connectivity index (χ2v) is 6.94. The van der Waals surface area contributed by atoms with Crippen LogP contribution in [-0.4, -0.2) is 20.9 Å². The molecule has 1 aromatic rings. The number of fused-ring (bicyclic) bond motifs is 2. The third-order valence-electron chi connectivity index (χ3n) is 5.30. The molecule has 1 aromatic carbocycles. The first-order valence-corrected chi connectivity index (χ1v) is 7.08. The second-order valence-electron chi connectivity index (χ2n) is 6.94. The summed E-state index contributed by atoms with van der Waals surface area (Å²) in [6, 6.07) is 3.07. The van der Waals surface area contributed by atoms with Crippen molar-refractivity contribution in [3.05, 3.63) is 23.3 Å². The predicted molar refractivity (Wildman–Crippen MR) is 73.3 cm³/mol. The maximum atomic E-state index is 11.0. The SMILES string of the molecule is CC1(C)CCC[C@]2(O)Cc3c(O)ccc(O)c3C[C@H]12. The van der Waals surface area contributed by atoms with Crippen LogP contribution in [0.4, 0.5) is 0 Å². The summed E-state index contributed by atoms with van der Waals surface area (Å²) in [5.41, 5.74) is 0.893. The lowest BCUT2D eigenvalue weighted by atomic mass is 9.55. The largest absolute Gasteiger partial charge is 0.508 e. The van der Waals surface area contributed by atoms with Gasteiger partial charge in [0.2, 0.25) is 0 Å². The van der Waals surface area contributed by atoms with Gasteiger partial charge in [-0.15, -0.1) is 0 Å². The molecule has 2 aliphatic rings. The topological polar surface area (TPSA) is 60.7 Å². The first kappa shape index (κ1) is 12.8. The minimum atomic E-state index is -0.736. The molecule has 0 heterocycles. The van der Waals surface area contributed by atoms with Gasteiger partial charge in [0.15, 0.2) is 0 Å². The van der Waals surface area contributed by atoms with Crippen LogP contribution in [0.25, 0.3) is 0 Å². The lowest BCUT2D eigenvalue weighted by Crippen LogP contribution is -2.53. The van der Waals surface area contributed by atoms with E-state index in [1.165, 1.54) is 6.07 Å². The number of hydrogen-bond acceptors (Lipinski definition) is 3. The van der Waals surface area contributed by atoms with E-state index in [9.17, 15) is 15.3 Å². The number of aliphatic hydroxyl groups is 1. The van der Waals surface area contributed by atoms with Gasteiger partial charge in [-0.1, -0.05) is 20.3 Å². The third-order valence-corrected chi connectivity index (χ3v) is 5.30. The summed E-state index contributed by atoms with van der Waals surface area (Å²) >= 11 is 0. The highest BCUT2D eigenvalue weighted by molar-refractivity contribution is 5.50. The Morgan fingerprint density at radius 2 is 1.68 bits per heavy atom. The van der Waals surface area contributed by atoms with E-state index in [1.54, 1.807) is 6.07 Å². The van der Waals surface area contributed by atoms with Gasteiger partial charge in [-0.2, -0.15) is 0 Å². The molecule has 3 rings (SSSR count). The Bertz CT molecular complexity index is 521. The number of hydrogen-bond donors (Lipinski definition) is 3. The van der Waals surface area contributed by atoms with Crippen molar-refractivity contribution in [3.8, 4) is 11.5 Å². The fourth-order valence-corrected chi connectivity index (χ4v) is 4.21. The monoisotopic (exact) mass is 262 g/mol. The molecule has 0 saturated heterocycles. The minimum absolute atomic E-state index is 0.0720. The standard InChI is InChI=1S/C16H22O3/c1-15(2)6-3-7-16(19)9-11-10(8-14(15)16)12(17)4-5-13(11)18/h4-5,14,17-19H,3,6-9H2,1-2H3/t14-,16+/m1/s1. The molecule has 0 amide bonds. The molecule has 0 radical (unpaired) electrons. The summed E-state index contributed by atoms with van der Waals surface area (Å²) in [5.74, 6) is 0.591. The maximum absolute atomic E-state index is 11.0. The molecule has 1 fully saturated rings. The number of aromatic hydroxyl groups is 2. The molecular weight excluding hydrogens is 240 g/mol. The van der Waals surface area contributed by atoms with Crippen LogP contribution in [-0.2, 0) is 12.8 Å². The van der Waals surface area contributed by atoms with Crippen molar-refractivity contribution >= 4 is 0 Å². The van der Waals surface area contributed by atoms with Crippen molar-refractivity contribution in [1.82, 2.24) is 0 Å². The highest BCUT2D eigenvalue weighted by Gasteiger charge is 2.51. The molecule has 1 saturated carbocycles. The Kier molecular flexibility index (Phi) is 2.62. The Balaban J connectivity index is 2.11. The zero-order valence-electron chi connectivity index (χ0n) is 11.6. The van der Waals surface area contributed by atoms with Crippen LogP contribution in [0.15, 0.2) is 12.1 Å². The highest BCUT2D eigenvalue weighted by atomic mass is 16.3. The summed E-state index contributed by atoms with van der Waals surface area (Å²) < 4.78 is 0. The molecule has 19 heavy (non-hydrogen) atoms. The highest BCUT2D eigenvalue weighted by Crippen LogP contribution is 2.53. The number of rotatable bonds is 0. The van der Waals surface area contributed by atoms with E-state index in [2.05, 4.69) is 13.8 Å². The van der Waals surface area contributed by atoms with Gasteiger partial charge in [-0.25, -0.2) is 0 Å². The molecule has 0 bridgehead atoms. The van der Waals surface area contributed by atoms with Crippen LogP contribution in [0.1, 0.15) is 44.2 Å². The number of benzene rings is 1. The van der Waals surface area contributed by atoms with E-state index < -0.39 is 5.60 Å². The van der Waals surface area contributed by atoms with E-state index in [4.69, 9.17) is 0 Å². The van der Waals surface area contributed by atoms with Gasteiger partial charge in [0.25, 0.3) is 0 Å². The summed E-state index contributed by atoms with van der Waals surface area (Å²) in [4.78, 5) is 0. The Morgan fingerprint density at radius 3 is 2.37 bits per heavy atom. The quantitative estimate of drug-likeness (QED) is 0.630. The first-order chi connectivity index (χ1) is 8.83. The molecule has 3 N–H and O–H groups in total. The summed E-state index contributed by atoms with van der Waals surface area (Å²) in [6.45, 7) is 4.40. The zero-order valence-corrected chi connectivity index (χ0v) is 11.6. The predicted octanol–water partition coefficient (Wildman–Crippen LogP) is 2.75. The summed E-state index contributed by atoms with van der Waals surface area (Å²) in [5, 5.41) is 31.0. The van der Waals surface area contributed by atoms with Gasteiger partial charge in [0.1, 0.15) is 11.5 Å². The fourth-order valence-electron chi connectivity index (χ4n) is 4.21. The van der Waals surface area contributed by atoms with E-state index in [-0.39, 0.29) is 22.8 Å². The van der Waals surface area contributed by atoms with Crippen molar-refractivity contribution in [2.24, 2.45) is 11.3 Å². The molecule has 104 valence electrons. The smallest absolute Gasteiger partial charge is 0.119 e. The molecule has 0 spiro atoms. The van der Waals surface area contributed by atoms with Gasteiger partial charge in [0.05, 0.1) is 5.60 Å². The Hall–Kier alpha value is -1.22. The van der Waals surface area contributed by atoms with Crippen LogP contribution in [0.3, 0.4) is 0 Å². The molecule has 2 aliphatic carbocycles. The van der Waals surface area contributed by atoms with E-state index in [1.807, 2.05) is 0 Å². The number of phenols is 2. The van der Waals surface area contributed by atoms with Crippen molar-refractivity contribution in [3.63, 3.8) is 0 Å². The summed E-state index contributed by atoms with van der Waals surface area (Å²) in [6.07, 6.45) is 4.02. The lowest BCUT2D eigenvalue weighted by molar-refractivity contribution is -0.107. The normalized spacial score (nSPS) is 32.5. The maximum Gasteiger partial charge on any atom is 0.119 e. The molecular formula is C16H22O3. The fraction of sp³-hybridized carbons (Fsp3) is 0.625. The van der Waals surface area contributed by atoms with E-state index in [0.29, 0.717) is 12.8 Å². The lowest BCUT2D eigenvalue weighted by Gasteiger charge is -2.52. The van der Waals surface area contributed by atoms with Crippen molar-refractivity contribution in [2.75, 3.05) is 0 Å². The van der Waals surface area contributed by atoms with E-state index in [0.717, 1.165) is 30.4 Å². The van der Waals surface area contributed by atoms with Crippen molar-refractivity contribution < 1.29 is 15.3 Å². The number of phenolic OH excluding ortho intramolecular Hbond substituents is 2. The average molecular weight is 262 g/mol. The summed E-state index contributed by atoms with van der Waals surface area (Å²) in [7, 11) is 0. The molecule has 2 atom stereocenters. The van der Waals surface area contributed by atoms with Crippen molar-refractivity contribution in [2.45, 2.75) is 51.6 Å². The van der Waals surface area contributed by atoms with Crippen LogP contribution in [0, 0.1) is 11.3 Å². The second kappa shape index (κ2) is 3.89. The van der Waals surface area contributed by atoms with Gasteiger partial charge >= 0.3 is 0 Å². The van der Waals surface area contributed by atoms with Crippen LogP contribution < -0.4 is 0 Å². The minimum Gasteiger partial charge on any atom is -0.508 e. The van der Waals surface area contributed by atoms with Gasteiger partial charge in [-0.05, 0) is 42.7 Å². The Morgan fingerprint density at radius 1 is 1.05 bits per heavy atom. The first-order valence-electron chi connectivity index (χ1n) is 7.08. The van der Waals surface area contributed by atoms with Gasteiger partial charge in [-0.3, -0.25) is 0 Å². The average Bonchev–Trinajstić information content (AvgIpc) is 2.32. The zero-order chi connectivity index (χ0) is 13.8.